The molecule has 0 bridgehead atoms. The molecule has 1 heteroatoms. The molecule has 0 unspecified atom stereocenters. The maximum Gasteiger partial charge on any atom is 0.0140 e. The summed E-state index contributed by atoms with van der Waals surface area (Å²) in [5.41, 5.74) is 1.37. The Bertz CT molecular complexity index is 76.6. The van der Waals surface area contributed by atoms with Crippen molar-refractivity contribution in [2.24, 2.45) is 0 Å². The molecule has 0 saturated carbocycles. The Morgan fingerprint density at radius 3 is 2.56 bits per heavy atom. The summed E-state index contributed by atoms with van der Waals surface area (Å²) in [5.74, 6) is 2.43. The van der Waals surface area contributed by atoms with Crippen molar-refractivity contribution >= 4 is 11.8 Å². The van der Waals surface area contributed by atoms with Gasteiger partial charge in [-0.2, -0.15) is 11.8 Å². The van der Waals surface area contributed by atoms with Crippen LogP contribution in [0.3, 0.4) is 0 Å². The van der Waals surface area contributed by atoms with E-state index in [9.17, 15) is 0 Å². The molecule has 0 amide bonds. The molecule has 0 nitrogen and oxygen atoms in total. The molecule has 0 saturated heterocycles. The molecule has 0 heterocycles. The van der Waals surface area contributed by atoms with Gasteiger partial charge in [0.25, 0.3) is 0 Å². The Balaban J connectivity index is 2.97. The van der Waals surface area contributed by atoms with E-state index in [1.165, 1.54) is 17.7 Å². The monoisotopic (exact) mass is 144 g/mol. The smallest absolute Gasteiger partial charge is 0.0140 e. The summed E-state index contributed by atoms with van der Waals surface area (Å²) in [4.78, 5) is 0. The predicted octanol–water partition coefficient (Wildman–Crippen LogP) is 3.10. The van der Waals surface area contributed by atoms with Crippen molar-refractivity contribution in [1.29, 1.82) is 0 Å². The van der Waals surface area contributed by atoms with Gasteiger partial charge in [0, 0.05) is 5.75 Å². The van der Waals surface area contributed by atoms with Crippen molar-refractivity contribution in [2.75, 3.05) is 11.5 Å². The van der Waals surface area contributed by atoms with Gasteiger partial charge in [-0.25, -0.2) is 0 Å². The Morgan fingerprint density at radius 1 is 1.44 bits per heavy atom. The van der Waals surface area contributed by atoms with Crippen molar-refractivity contribution in [3.05, 3.63) is 12.2 Å². The van der Waals surface area contributed by atoms with Gasteiger partial charge in [-0.05, 0) is 18.6 Å². The van der Waals surface area contributed by atoms with E-state index in [0.717, 1.165) is 12.2 Å². The van der Waals surface area contributed by atoms with Gasteiger partial charge in [0.2, 0.25) is 0 Å². The second-order valence-corrected chi connectivity index (χ2v) is 3.26. The molecule has 54 valence electrons. The van der Waals surface area contributed by atoms with E-state index in [2.05, 4.69) is 20.4 Å². The van der Waals surface area contributed by atoms with Gasteiger partial charge in [-0.1, -0.05) is 26.0 Å². The minimum Gasteiger partial charge on any atom is -0.158 e. The van der Waals surface area contributed by atoms with Crippen molar-refractivity contribution in [2.45, 2.75) is 26.7 Å². The Kier molecular flexibility index (Phi) is 6.28. The highest BCUT2D eigenvalue weighted by Crippen LogP contribution is 2.09. The third kappa shape index (κ3) is 5.97. The average Bonchev–Trinajstić information content (AvgIpc) is 1.89. The largest absolute Gasteiger partial charge is 0.158 e. The van der Waals surface area contributed by atoms with Gasteiger partial charge in [0.1, 0.15) is 0 Å². The van der Waals surface area contributed by atoms with Crippen LogP contribution in [-0.2, 0) is 0 Å². The van der Waals surface area contributed by atoms with Crippen LogP contribution in [0.1, 0.15) is 26.7 Å². The number of rotatable bonds is 5. The fourth-order valence-electron chi connectivity index (χ4n) is 0.463. The lowest BCUT2D eigenvalue weighted by molar-refractivity contribution is 1.09. The lowest BCUT2D eigenvalue weighted by Gasteiger charge is -1.99. The van der Waals surface area contributed by atoms with E-state index in [-0.39, 0.29) is 0 Å². The van der Waals surface area contributed by atoms with Crippen LogP contribution in [0.25, 0.3) is 0 Å². The zero-order chi connectivity index (χ0) is 7.11. The minimum absolute atomic E-state index is 1.14. The topological polar surface area (TPSA) is 0 Å². The molecule has 0 aromatic carbocycles. The summed E-state index contributed by atoms with van der Waals surface area (Å²) >= 11 is 1.99. The molecule has 0 spiro atoms. The summed E-state index contributed by atoms with van der Waals surface area (Å²) in [7, 11) is 0. The Labute approximate surface area is 62.7 Å². The molecule has 0 atom stereocenters. The zero-order valence-electron chi connectivity index (χ0n) is 6.44. The van der Waals surface area contributed by atoms with Crippen molar-refractivity contribution in [1.82, 2.24) is 0 Å². The molecule has 9 heavy (non-hydrogen) atoms. The van der Waals surface area contributed by atoms with E-state index in [1.54, 1.807) is 0 Å². The maximum atomic E-state index is 3.92. The molecular weight excluding hydrogens is 128 g/mol. The third-order valence-electron chi connectivity index (χ3n) is 1.15. The van der Waals surface area contributed by atoms with Crippen LogP contribution in [0.5, 0.6) is 0 Å². The van der Waals surface area contributed by atoms with Gasteiger partial charge >= 0.3 is 0 Å². The Hall–Kier alpha value is 0.0900. The number of thioether (sulfide) groups is 1. The number of hydrogen-bond acceptors (Lipinski definition) is 1. The first-order valence-corrected chi connectivity index (χ1v) is 4.71. The molecule has 0 aliphatic carbocycles. The zero-order valence-corrected chi connectivity index (χ0v) is 7.26. The van der Waals surface area contributed by atoms with Gasteiger partial charge in [-0.3, -0.25) is 0 Å². The summed E-state index contributed by atoms with van der Waals surface area (Å²) in [5, 5.41) is 0. The fourth-order valence-corrected chi connectivity index (χ4v) is 1.39. The highest BCUT2D eigenvalue weighted by Gasteiger charge is 1.88. The number of hydrogen-bond donors (Lipinski definition) is 0. The fraction of sp³-hybridized carbons (Fsp3) is 0.750. The van der Waals surface area contributed by atoms with Gasteiger partial charge in [-0.15, -0.1) is 0 Å². The molecule has 0 aliphatic rings. The van der Waals surface area contributed by atoms with Crippen LogP contribution >= 0.6 is 11.8 Å². The lowest BCUT2D eigenvalue weighted by Crippen LogP contribution is -1.84. The van der Waals surface area contributed by atoms with Crippen LogP contribution < -0.4 is 0 Å². The summed E-state index contributed by atoms with van der Waals surface area (Å²) in [6, 6.07) is 0. The molecule has 0 aromatic rings. The maximum absolute atomic E-state index is 3.92. The highest BCUT2D eigenvalue weighted by molar-refractivity contribution is 7.99. The van der Waals surface area contributed by atoms with E-state index < -0.39 is 0 Å². The van der Waals surface area contributed by atoms with E-state index in [0.29, 0.717) is 0 Å². The van der Waals surface area contributed by atoms with E-state index in [1.807, 2.05) is 11.8 Å². The van der Waals surface area contributed by atoms with Crippen LogP contribution in [0, 0.1) is 0 Å². The molecule has 0 radical (unpaired) electrons. The normalized spacial score (nSPS) is 9.56. The van der Waals surface area contributed by atoms with Gasteiger partial charge in [0.05, 0.1) is 0 Å². The van der Waals surface area contributed by atoms with Crippen molar-refractivity contribution in [3.63, 3.8) is 0 Å². The summed E-state index contributed by atoms with van der Waals surface area (Å²) in [6.07, 6.45) is 2.42. The van der Waals surface area contributed by atoms with Crippen LogP contribution in [0.2, 0.25) is 0 Å². The lowest BCUT2D eigenvalue weighted by atomic mass is 10.3. The second-order valence-electron chi connectivity index (χ2n) is 2.16. The first kappa shape index (κ1) is 9.09. The summed E-state index contributed by atoms with van der Waals surface area (Å²) < 4.78 is 0. The van der Waals surface area contributed by atoms with Gasteiger partial charge in [0.15, 0.2) is 0 Å². The standard InChI is InChI=1S/C8H16S/c1-4-6-9-7-8(3)5-2/h3-7H2,1-2H3. The average molecular weight is 144 g/mol. The minimum atomic E-state index is 1.14. The van der Waals surface area contributed by atoms with Crippen molar-refractivity contribution < 1.29 is 0 Å². The third-order valence-corrected chi connectivity index (χ3v) is 2.46. The van der Waals surface area contributed by atoms with Gasteiger partial charge < -0.3 is 0 Å². The SMILES string of the molecule is C=C(CC)CSCCC. The molecule has 0 fully saturated rings. The second kappa shape index (κ2) is 6.21. The van der Waals surface area contributed by atoms with E-state index in [4.69, 9.17) is 0 Å². The first-order chi connectivity index (χ1) is 4.31. The predicted molar refractivity (Wildman–Crippen MR) is 47.0 cm³/mol. The van der Waals surface area contributed by atoms with Crippen LogP contribution in [0.4, 0.5) is 0 Å². The van der Waals surface area contributed by atoms with Crippen LogP contribution in [0.15, 0.2) is 12.2 Å². The highest BCUT2D eigenvalue weighted by atomic mass is 32.2. The first-order valence-electron chi connectivity index (χ1n) is 3.55. The quantitative estimate of drug-likeness (QED) is 0.422. The Morgan fingerprint density at radius 2 is 2.11 bits per heavy atom. The van der Waals surface area contributed by atoms with Crippen molar-refractivity contribution in [3.8, 4) is 0 Å². The molecule has 0 N–H and O–H groups in total. The van der Waals surface area contributed by atoms with Crippen LogP contribution in [-0.4, -0.2) is 11.5 Å². The molecule has 0 rings (SSSR count). The molecule has 0 aromatic heterocycles. The molecule has 0 aliphatic heterocycles. The van der Waals surface area contributed by atoms with E-state index >= 15 is 0 Å². The molecular formula is C8H16S. The summed E-state index contributed by atoms with van der Waals surface area (Å²) in [6.45, 7) is 8.30.